The van der Waals surface area contributed by atoms with Crippen molar-refractivity contribution >= 4 is 33.9 Å². The Hall–Kier alpha value is -1.90. The quantitative estimate of drug-likeness (QED) is 0.439. The van der Waals surface area contributed by atoms with Crippen LogP contribution in [0.4, 0.5) is 10.7 Å². The molecule has 1 aliphatic rings. The predicted molar refractivity (Wildman–Crippen MR) is 102 cm³/mol. The zero-order valence-electron chi connectivity index (χ0n) is 15.4. The van der Waals surface area contributed by atoms with Gasteiger partial charge in [-0.15, -0.1) is 0 Å². The molecule has 144 valence electrons. The highest BCUT2D eigenvalue weighted by Crippen LogP contribution is 2.20. The summed E-state index contributed by atoms with van der Waals surface area (Å²) in [4.78, 5) is 36.3. The molecule has 9 heteroatoms. The van der Waals surface area contributed by atoms with Gasteiger partial charge in [0.25, 0.3) is 0 Å². The fraction of sp³-hybridized carbons (Fsp3) is 0.647. The second kappa shape index (κ2) is 9.16. The van der Waals surface area contributed by atoms with Crippen molar-refractivity contribution in [2.24, 2.45) is 0 Å². The van der Waals surface area contributed by atoms with Crippen molar-refractivity contribution in [3.63, 3.8) is 0 Å². The van der Waals surface area contributed by atoms with Crippen LogP contribution in [0.3, 0.4) is 0 Å². The molecule has 1 atom stereocenters. The SMILES string of the molecule is CC(C)(C)OC(=O)NCCCC(=O)N1CCN(c2ncccn2)C(Br)C1. The maximum absolute atomic E-state index is 12.4. The van der Waals surface area contributed by atoms with Gasteiger partial charge in [0, 0.05) is 38.4 Å². The van der Waals surface area contributed by atoms with Crippen LogP contribution < -0.4 is 10.2 Å². The van der Waals surface area contributed by atoms with Crippen LogP contribution in [0.2, 0.25) is 0 Å². The Morgan fingerprint density at radius 3 is 2.62 bits per heavy atom. The minimum absolute atomic E-state index is 0.0255. The second-order valence-electron chi connectivity index (χ2n) is 7.05. The van der Waals surface area contributed by atoms with E-state index >= 15 is 0 Å². The van der Waals surface area contributed by atoms with Crippen LogP contribution in [-0.2, 0) is 9.53 Å². The molecule has 2 heterocycles. The van der Waals surface area contributed by atoms with Gasteiger partial charge in [-0.3, -0.25) is 4.79 Å². The largest absolute Gasteiger partial charge is 0.444 e. The first-order chi connectivity index (χ1) is 12.3. The smallest absolute Gasteiger partial charge is 0.407 e. The molecular weight excluding hydrogens is 402 g/mol. The van der Waals surface area contributed by atoms with Gasteiger partial charge in [0.15, 0.2) is 0 Å². The number of halogens is 1. The molecule has 0 saturated carbocycles. The molecule has 0 radical (unpaired) electrons. The van der Waals surface area contributed by atoms with Gasteiger partial charge in [0.05, 0.1) is 6.54 Å². The molecule has 1 aliphatic heterocycles. The first-order valence-electron chi connectivity index (χ1n) is 8.68. The van der Waals surface area contributed by atoms with E-state index in [4.69, 9.17) is 4.74 Å². The van der Waals surface area contributed by atoms with Crippen molar-refractivity contribution in [3.05, 3.63) is 18.5 Å². The van der Waals surface area contributed by atoms with E-state index in [9.17, 15) is 9.59 Å². The maximum atomic E-state index is 12.4. The minimum Gasteiger partial charge on any atom is -0.444 e. The van der Waals surface area contributed by atoms with Crippen LogP contribution in [0.5, 0.6) is 0 Å². The fourth-order valence-electron chi connectivity index (χ4n) is 2.53. The van der Waals surface area contributed by atoms with E-state index in [1.54, 1.807) is 18.5 Å². The van der Waals surface area contributed by atoms with Gasteiger partial charge >= 0.3 is 6.09 Å². The highest BCUT2D eigenvalue weighted by molar-refractivity contribution is 9.09. The van der Waals surface area contributed by atoms with Crippen molar-refractivity contribution < 1.29 is 14.3 Å². The lowest BCUT2D eigenvalue weighted by atomic mass is 10.2. The number of hydrogen-bond donors (Lipinski definition) is 1. The zero-order valence-corrected chi connectivity index (χ0v) is 17.0. The van der Waals surface area contributed by atoms with E-state index in [1.165, 1.54) is 0 Å². The van der Waals surface area contributed by atoms with Gasteiger partial charge in [-0.2, -0.15) is 0 Å². The first kappa shape index (κ1) is 20.4. The van der Waals surface area contributed by atoms with Crippen molar-refractivity contribution in [1.29, 1.82) is 0 Å². The number of anilines is 1. The number of amides is 2. The number of hydrogen-bond acceptors (Lipinski definition) is 6. The Kier molecular flexibility index (Phi) is 7.19. The monoisotopic (exact) mass is 427 g/mol. The molecule has 1 N–H and O–H groups in total. The number of piperazine rings is 1. The molecule has 1 fully saturated rings. The molecule has 26 heavy (non-hydrogen) atoms. The highest BCUT2D eigenvalue weighted by Gasteiger charge is 2.29. The number of alkyl halides is 1. The maximum Gasteiger partial charge on any atom is 0.407 e. The van der Waals surface area contributed by atoms with Gasteiger partial charge < -0.3 is 19.9 Å². The Morgan fingerprint density at radius 1 is 1.31 bits per heavy atom. The number of aromatic nitrogens is 2. The number of carbonyl (C=O) groups is 2. The van der Waals surface area contributed by atoms with Crippen molar-refractivity contribution in [2.45, 2.75) is 44.2 Å². The summed E-state index contributed by atoms with van der Waals surface area (Å²) in [7, 11) is 0. The van der Waals surface area contributed by atoms with Crippen LogP contribution in [0.25, 0.3) is 0 Å². The molecular formula is C17H26BrN5O3. The van der Waals surface area contributed by atoms with E-state index in [0.717, 1.165) is 0 Å². The molecule has 0 aliphatic carbocycles. The van der Waals surface area contributed by atoms with Crippen LogP contribution in [0.15, 0.2) is 18.5 Å². The van der Waals surface area contributed by atoms with E-state index in [-0.39, 0.29) is 10.9 Å². The van der Waals surface area contributed by atoms with E-state index in [1.807, 2.05) is 30.6 Å². The van der Waals surface area contributed by atoms with E-state index in [0.29, 0.717) is 45.0 Å². The summed E-state index contributed by atoms with van der Waals surface area (Å²) >= 11 is 3.61. The summed E-state index contributed by atoms with van der Waals surface area (Å²) in [5.74, 6) is 0.733. The van der Waals surface area contributed by atoms with Crippen molar-refractivity contribution in [3.8, 4) is 0 Å². The lowest BCUT2D eigenvalue weighted by Crippen LogP contribution is -2.53. The number of carbonyl (C=O) groups excluding carboxylic acids is 2. The molecule has 0 aromatic carbocycles. The predicted octanol–water partition coefficient (Wildman–Crippen LogP) is 2.15. The van der Waals surface area contributed by atoms with Gasteiger partial charge in [0.1, 0.15) is 10.6 Å². The van der Waals surface area contributed by atoms with Crippen LogP contribution >= 0.6 is 15.9 Å². The Morgan fingerprint density at radius 2 is 2.00 bits per heavy atom. The summed E-state index contributed by atoms with van der Waals surface area (Å²) in [6.07, 6.45) is 3.92. The van der Waals surface area contributed by atoms with Crippen molar-refractivity contribution in [1.82, 2.24) is 20.2 Å². The molecule has 8 nitrogen and oxygen atoms in total. The van der Waals surface area contributed by atoms with Crippen molar-refractivity contribution in [2.75, 3.05) is 31.1 Å². The summed E-state index contributed by atoms with van der Waals surface area (Å²) in [5.41, 5.74) is -0.521. The van der Waals surface area contributed by atoms with Gasteiger partial charge in [-0.1, -0.05) is 15.9 Å². The minimum atomic E-state index is -0.521. The molecule has 1 unspecified atom stereocenters. The van der Waals surface area contributed by atoms with Gasteiger partial charge in [-0.25, -0.2) is 14.8 Å². The summed E-state index contributed by atoms with van der Waals surface area (Å²) < 4.78 is 5.16. The van der Waals surface area contributed by atoms with E-state index < -0.39 is 11.7 Å². The Bertz CT molecular complexity index is 608. The highest BCUT2D eigenvalue weighted by atomic mass is 79.9. The van der Waals surface area contributed by atoms with Crippen LogP contribution in [-0.4, -0.2) is 63.6 Å². The summed E-state index contributed by atoms with van der Waals surface area (Å²) in [5, 5.41) is 2.67. The molecule has 2 rings (SSSR count). The molecule has 2 amide bonds. The molecule has 1 saturated heterocycles. The fourth-order valence-corrected chi connectivity index (χ4v) is 3.27. The topological polar surface area (TPSA) is 87.7 Å². The molecule has 0 bridgehead atoms. The average molecular weight is 428 g/mol. The Balaban J connectivity index is 1.70. The van der Waals surface area contributed by atoms with Gasteiger partial charge in [-0.05, 0) is 33.3 Å². The summed E-state index contributed by atoms with van der Waals surface area (Å²) in [6, 6.07) is 1.78. The lowest BCUT2D eigenvalue weighted by Gasteiger charge is -2.38. The third kappa shape index (κ3) is 6.44. The molecule has 1 aromatic heterocycles. The third-order valence-corrected chi connectivity index (χ3v) is 4.50. The number of ether oxygens (including phenoxy) is 1. The average Bonchev–Trinajstić information content (AvgIpc) is 2.57. The molecule has 1 aromatic rings. The Labute approximate surface area is 162 Å². The number of rotatable bonds is 5. The normalized spacial score (nSPS) is 17.8. The number of nitrogens with one attached hydrogen (secondary N) is 1. The van der Waals surface area contributed by atoms with Crippen LogP contribution in [0.1, 0.15) is 33.6 Å². The summed E-state index contributed by atoms with van der Waals surface area (Å²) in [6.45, 7) is 7.71. The zero-order chi connectivity index (χ0) is 19.2. The third-order valence-electron chi connectivity index (χ3n) is 3.72. The second-order valence-corrected chi connectivity index (χ2v) is 8.11. The standard InChI is InChI=1S/C17H26BrN5O3/c1-17(2,3)26-16(25)21-7-4-6-14(24)22-10-11-23(13(18)12-22)15-19-8-5-9-20-15/h5,8-9,13H,4,6-7,10-12H2,1-3H3,(H,21,25). The first-order valence-corrected chi connectivity index (χ1v) is 9.60. The molecule has 0 spiro atoms. The van der Waals surface area contributed by atoms with Crippen LogP contribution in [0, 0.1) is 0 Å². The lowest BCUT2D eigenvalue weighted by molar-refractivity contribution is -0.131. The number of alkyl carbamates (subject to hydrolysis) is 1. The van der Waals surface area contributed by atoms with E-state index in [2.05, 4.69) is 31.2 Å². The van der Waals surface area contributed by atoms with Gasteiger partial charge in [0.2, 0.25) is 11.9 Å². The number of nitrogens with zero attached hydrogens (tertiary/aromatic N) is 4.